The van der Waals surface area contributed by atoms with Gasteiger partial charge in [-0.3, -0.25) is 14.6 Å². The van der Waals surface area contributed by atoms with Crippen molar-refractivity contribution >= 4 is 15.9 Å². The molecular weight excluding hydrogens is 232 g/mol. The zero-order valence-electron chi connectivity index (χ0n) is 6.98. The van der Waals surface area contributed by atoms with E-state index < -0.39 is 0 Å². The van der Waals surface area contributed by atoms with Gasteiger partial charge in [-0.25, -0.2) is 0 Å². The normalized spacial score (nSPS) is 10.3. The van der Waals surface area contributed by atoms with E-state index in [1.165, 1.54) is 0 Å². The second kappa shape index (κ2) is 3.26. The van der Waals surface area contributed by atoms with Gasteiger partial charge in [-0.15, -0.1) is 0 Å². The number of aromatic nitrogens is 4. The maximum absolute atomic E-state index is 4.19. The van der Waals surface area contributed by atoms with Crippen LogP contribution in [0.2, 0.25) is 0 Å². The van der Waals surface area contributed by atoms with Crippen molar-refractivity contribution in [3.63, 3.8) is 0 Å². The summed E-state index contributed by atoms with van der Waals surface area (Å²) in [4.78, 5) is 8.19. The molecular formula is C8H7BrN4. The first kappa shape index (κ1) is 8.37. The van der Waals surface area contributed by atoms with Crippen LogP contribution in [0.15, 0.2) is 29.3 Å². The molecule has 2 rings (SSSR count). The average molecular weight is 239 g/mol. The molecule has 2 heterocycles. The standard InChI is InChI=1S/C8H7BrN4/c1-13-8(6(9)4-12-13)7-5-10-2-3-11-7/h2-5H,1H3. The van der Waals surface area contributed by atoms with Crippen LogP contribution in [0.1, 0.15) is 0 Å². The van der Waals surface area contributed by atoms with Crippen LogP contribution in [0.5, 0.6) is 0 Å². The lowest BCUT2D eigenvalue weighted by atomic mass is 10.3. The van der Waals surface area contributed by atoms with Crippen LogP contribution in [-0.2, 0) is 7.05 Å². The molecule has 0 bridgehead atoms. The van der Waals surface area contributed by atoms with E-state index in [-0.39, 0.29) is 0 Å². The molecule has 2 aromatic heterocycles. The summed E-state index contributed by atoms with van der Waals surface area (Å²) in [6.07, 6.45) is 6.76. The Balaban J connectivity index is 2.59. The average Bonchev–Trinajstić information content (AvgIpc) is 2.48. The molecule has 0 atom stereocenters. The van der Waals surface area contributed by atoms with Crippen molar-refractivity contribution in [1.82, 2.24) is 19.7 Å². The van der Waals surface area contributed by atoms with E-state index >= 15 is 0 Å². The molecule has 5 heteroatoms. The zero-order chi connectivity index (χ0) is 9.26. The first-order valence-corrected chi connectivity index (χ1v) is 4.52. The second-order valence-corrected chi connectivity index (χ2v) is 3.41. The molecule has 0 aromatic carbocycles. The Morgan fingerprint density at radius 1 is 1.31 bits per heavy atom. The fraction of sp³-hybridized carbons (Fsp3) is 0.125. The lowest BCUT2D eigenvalue weighted by molar-refractivity contribution is 0.772. The summed E-state index contributed by atoms with van der Waals surface area (Å²) in [7, 11) is 1.87. The van der Waals surface area contributed by atoms with Crippen LogP contribution in [0.3, 0.4) is 0 Å². The monoisotopic (exact) mass is 238 g/mol. The topological polar surface area (TPSA) is 43.6 Å². The molecule has 0 aliphatic heterocycles. The van der Waals surface area contributed by atoms with Gasteiger partial charge in [-0.1, -0.05) is 0 Å². The highest BCUT2D eigenvalue weighted by molar-refractivity contribution is 9.10. The highest BCUT2D eigenvalue weighted by atomic mass is 79.9. The summed E-state index contributed by atoms with van der Waals surface area (Å²) in [5.74, 6) is 0. The van der Waals surface area contributed by atoms with Crippen LogP contribution in [-0.4, -0.2) is 19.7 Å². The van der Waals surface area contributed by atoms with Crippen LogP contribution in [0.25, 0.3) is 11.4 Å². The molecule has 0 spiro atoms. The van der Waals surface area contributed by atoms with Gasteiger partial charge in [0.25, 0.3) is 0 Å². The lowest BCUT2D eigenvalue weighted by Crippen LogP contribution is -1.95. The van der Waals surface area contributed by atoms with E-state index in [2.05, 4.69) is 31.0 Å². The summed E-state index contributed by atoms with van der Waals surface area (Å²) in [6.45, 7) is 0. The van der Waals surface area contributed by atoms with Crippen LogP contribution < -0.4 is 0 Å². The SMILES string of the molecule is Cn1ncc(Br)c1-c1cnccn1. The van der Waals surface area contributed by atoms with Gasteiger partial charge < -0.3 is 0 Å². The first-order chi connectivity index (χ1) is 6.29. The molecule has 0 unspecified atom stereocenters. The quantitative estimate of drug-likeness (QED) is 0.759. The van der Waals surface area contributed by atoms with Crippen molar-refractivity contribution in [3.05, 3.63) is 29.3 Å². The second-order valence-electron chi connectivity index (χ2n) is 2.56. The van der Waals surface area contributed by atoms with E-state index in [1.54, 1.807) is 29.5 Å². The van der Waals surface area contributed by atoms with E-state index in [1.807, 2.05) is 7.05 Å². The molecule has 0 N–H and O–H groups in total. The molecule has 66 valence electrons. The predicted molar refractivity (Wildman–Crippen MR) is 51.9 cm³/mol. The summed E-state index contributed by atoms with van der Waals surface area (Å²) < 4.78 is 2.68. The fourth-order valence-electron chi connectivity index (χ4n) is 1.12. The van der Waals surface area contributed by atoms with Gasteiger partial charge in [0.1, 0.15) is 11.4 Å². The molecule has 0 saturated carbocycles. The third-order valence-corrected chi connectivity index (χ3v) is 2.28. The lowest BCUT2D eigenvalue weighted by Gasteiger charge is -2.00. The molecule has 0 aliphatic carbocycles. The number of hydrogen-bond acceptors (Lipinski definition) is 3. The van der Waals surface area contributed by atoms with Gasteiger partial charge in [0.05, 0.1) is 16.9 Å². The summed E-state index contributed by atoms with van der Waals surface area (Å²) in [5.41, 5.74) is 1.75. The Labute approximate surface area is 83.8 Å². The fourth-order valence-corrected chi connectivity index (χ4v) is 1.67. The Morgan fingerprint density at radius 3 is 2.69 bits per heavy atom. The maximum atomic E-state index is 4.19. The van der Waals surface area contributed by atoms with E-state index in [9.17, 15) is 0 Å². The summed E-state index contributed by atoms with van der Waals surface area (Å²) in [6, 6.07) is 0. The van der Waals surface area contributed by atoms with Crippen molar-refractivity contribution < 1.29 is 0 Å². The molecule has 0 radical (unpaired) electrons. The minimum atomic E-state index is 0.814. The van der Waals surface area contributed by atoms with Gasteiger partial charge in [0, 0.05) is 19.4 Å². The van der Waals surface area contributed by atoms with Crippen LogP contribution >= 0.6 is 15.9 Å². The third kappa shape index (κ3) is 1.47. The number of halogens is 1. The highest BCUT2D eigenvalue weighted by Gasteiger charge is 2.08. The smallest absolute Gasteiger partial charge is 0.108 e. The minimum absolute atomic E-state index is 0.814. The first-order valence-electron chi connectivity index (χ1n) is 3.73. The minimum Gasteiger partial charge on any atom is -0.265 e. The Kier molecular flexibility index (Phi) is 2.10. The number of rotatable bonds is 1. The molecule has 0 amide bonds. The Hall–Kier alpha value is -1.23. The van der Waals surface area contributed by atoms with Crippen molar-refractivity contribution in [1.29, 1.82) is 0 Å². The van der Waals surface area contributed by atoms with Crippen LogP contribution in [0, 0.1) is 0 Å². The highest BCUT2D eigenvalue weighted by Crippen LogP contribution is 2.24. The van der Waals surface area contributed by atoms with Gasteiger partial charge in [0.15, 0.2) is 0 Å². The summed E-state index contributed by atoms with van der Waals surface area (Å²) in [5, 5.41) is 4.09. The van der Waals surface area contributed by atoms with Gasteiger partial charge in [-0.05, 0) is 15.9 Å². The zero-order valence-corrected chi connectivity index (χ0v) is 8.56. The predicted octanol–water partition coefficient (Wildman–Crippen LogP) is 1.64. The Morgan fingerprint density at radius 2 is 2.15 bits per heavy atom. The molecule has 0 fully saturated rings. The number of nitrogens with zero attached hydrogens (tertiary/aromatic N) is 4. The van der Waals surface area contributed by atoms with E-state index in [4.69, 9.17) is 0 Å². The number of hydrogen-bond donors (Lipinski definition) is 0. The molecule has 0 aliphatic rings. The van der Waals surface area contributed by atoms with Gasteiger partial charge in [-0.2, -0.15) is 5.10 Å². The maximum Gasteiger partial charge on any atom is 0.108 e. The summed E-state index contributed by atoms with van der Waals surface area (Å²) >= 11 is 3.40. The molecule has 2 aromatic rings. The van der Waals surface area contributed by atoms with E-state index in [0.29, 0.717) is 0 Å². The molecule has 13 heavy (non-hydrogen) atoms. The van der Waals surface area contributed by atoms with Crippen molar-refractivity contribution in [2.45, 2.75) is 0 Å². The number of aryl methyl sites for hydroxylation is 1. The van der Waals surface area contributed by atoms with Gasteiger partial charge in [0.2, 0.25) is 0 Å². The largest absolute Gasteiger partial charge is 0.265 e. The molecule has 4 nitrogen and oxygen atoms in total. The Bertz CT molecular complexity index is 390. The molecule has 0 saturated heterocycles. The van der Waals surface area contributed by atoms with Crippen molar-refractivity contribution in [2.24, 2.45) is 7.05 Å². The van der Waals surface area contributed by atoms with Gasteiger partial charge >= 0.3 is 0 Å². The van der Waals surface area contributed by atoms with Crippen LogP contribution in [0.4, 0.5) is 0 Å². The van der Waals surface area contributed by atoms with Crippen molar-refractivity contribution in [2.75, 3.05) is 0 Å². The van der Waals surface area contributed by atoms with E-state index in [0.717, 1.165) is 15.9 Å². The third-order valence-electron chi connectivity index (χ3n) is 1.70. The van der Waals surface area contributed by atoms with Crippen molar-refractivity contribution in [3.8, 4) is 11.4 Å².